The highest BCUT2D eigenvalue weighted by atomic mass is 32.2. The maximum Gasteiger partial charge on any atom is 0.244 e. The Labute approximate surface area is 177 Å². The Kier molecular flexibility index (Phi) is 7.22. The zero-order chi connectivity index (χ0) is 21.6. The number of nitrogens with one attached hydrogen (secondary N) is 1. The number of hydrogen-bond donors (Lipinski definition) is 1. The van der Waals surface area contributed by atoms with Gasteiger partial charge in [-0.3, -0.25) is 9.78 Å². The molecule has 0 aliphatic carbocycles. The minimum absolute atomic E-state index is 0.106. The summed E-state index contributed by atoms with van der Waals surface area (Å²) < 4.78 is 51.2. The van der Waals surface area contributed by atoms with Gasteiger partial charge < -0.3 is 5.32 Å². The van der Waals surface area contributed by atoms with Gasteiger partial charge in [0.15, 0.2) is 9.84 Å². The number of carbonyl (C=O) groups excluding carboxylic acids is 1. The van der Waals surface area contributed by atoms with Crippen molar-refractivity contribution in [2.45, 2.75) is 29.1 Å². The molecule has 3 rings (SSSR count). The molecule has 162 valence electrons. The lowest BCUT2D eigenvalue weighted by atomic mass is 9.98. The molecule has 0 radical (unpaired) electrons. The summed E-state index contributed by atoms with van der Waals surface area (Å²) in [5.74, 6) is -0.412. The predicted molar refractivity (Wildman–Crippen MR) is 112 cm³/mol. The van der Waals surface area contributed by atoms with Crippen LogP contribution in [0.5, 0.6) is 0 Å². The van der Waals surface area contributed by atoms with Gasteiger partial charge in [-0.2, -0.15) is 4.31 Å². The first-order valence-electron chi connectivity index (χ1n) is 9.74. The van der Waals surface area contributed by atoms with E-state index in [2.05, 4.69) is 10.3 Å². The van der Waals surface area contributed by atoms with Gasteiger partial charge in [-0.15, -0.1) is 0 Å². The van der Waals surface area contributed by atoms with Crippen molar-refractivity contribution < 1.29 is 21.6 Å². The maximum absolute atomic E-state index is 12.6. The van der Waals surface area contributed by atoms with Gasteiger partial charge in [0.2, 0.25) is 15.9 Å². The van der Waals surface area contributed by atoms with E-state index < -0.39 is 19.9 Å². The van der Waals surface area contributed by atoms with Gasteiger partial charge in [0, 0.05) is 38.4 Å². The Morgan fingerprint density at radius 2 is 1.67 bits per heavy atom. The number of benzene rings is 1. The minimum Gasteiger partial charge on any atom is -0.356 e. The number of amides is 1. The number of piperidine rings is 1. The van der Waals surface area contributed by atoms with Crippen molar-refractivity contribution in [2.75, 3.05) is 25.4 Å². The molecule has 8 nitrogen and oxygen atoms in total. The molecule has 10 heteroatoms. The van der Waals surface area contributed by atoms with Crippen LogP contribution >= 0.6 is 0 Å². The average molecular weight is 452 g/mol. The van der Waals surface area contributed by atoms with Crippen molar-refractivity contribution in [3.8, 4) is 0 Å². The molecule has 1 aromatic heterocycles. The summed E-state index contributed by atoms with van der Waals surface area (Å²) in [6, 6.07) is 11.2. The van der Waals surface area contributed by atoms with Crippen molar-refractivity contribution in [1.29, 1.82) is 0 Å². The highest BCUT2D eigenvalue weighted by Crippen LogP contribution is 2.23. The lowest BCUT2D eigenvalue weighted by Crippen LogP contribution is -2.41. The van der Waals surface area contributed by atoms with E-state index in [-0.39, 0.29) is 33.8 Å². The minimum atomic E-state index is -3.55. The van der Waals surface area contributed by atoms with Crippen molar-refractivity contribution in [1.82, 2.24) is 14.6 Å². The number of pyridine rings is 1. The predicted octanol–water partition coefficient (Wildman–Crippen LogP) is 1.46. The van der Waals surface area contributed by atoms with Gasteiger partial charge >= 0.3 is 0 Å². The monoisotopic (exact) mass is 451 g/mol. The number of sulfonamides is 1. The van der Waals surface area contributed by atoms with Crippen molar-refractivity contribution >= 4 is 25.8 Å². The van der Waals surface area contributed by atoms with Crippen LogP contribution in [0.3, 0.4) is 0 Å². The third kappa shape index (κ3) is 5.65. The Morgan fingerprint density at radius 1 is 1.00 bits per heavy atom. The highest BCUT2D eigenvalue weighted by Gasteiger charge is 2.29. The highest BCUT2D eigenvalue weighted by molar-refractivity contribution is 7.91. The van der Waals surface area contributed by atoms with Crippen LogP contribution in [0.15, 0.2) is 64.6 Å². The zero-order valence-electron chi connectivity index (χ0n) is 16.5. The molecule has 1 aromatic carbocycles. The maximum atomic E-state index is 12.6. The topological polar surface area (TPSA) is 114 Å². The summed E-state index contributed by atoms with van der Waals surface area (Å²) >= 11 is 0. The number of rotatable bonds is 8. The number of hydrogen-bond acceptors (Lipinski definition) is 6. The van der Waals surface area contributed by atoms with Crippen LogP contribution in [-0.2, 0) is 24.7 Å². The van der Waals surface area contributed by atoms with E-state index in [9.17, 15) is 21.6 Å². The van der Waals surface area contributed by atoms with Gasteiger partial charge in [0.1, 0.15) is 4.90 Å². The van der Waals surface area contributed by atoms with Crippen LogP contribution < -0.4 is 5.32 Å². The number of nitrogens with zero attached hydrogens (tertiary/aromatic N) is 2. The number of sulfone groups is 1. The van der Waals surface area contributed by atoms with Crippen LogP contribution in [0.25, 0.3) is 0 Å². The van der Waals surface area contributed by atoms with Crippen LogP contribution in [-0.4, -0.2) is 57.4 Å². The molecule has 1 N–H and O–H groups in total. The third-order valence-electron chi connectivity index (χ3n) is 5.13. The quantitative estimate of drug-likeness (QED) is 0.650. The molecule has 1 aliphatic rings. The van der Waals surface area contributed by atoms with Crippen molar-refractivity contribution in [3.63, 3.8) is 0 Å². The number of carbonyl (C=O) groups is 1. The molecule has 1 aliphatic heterocycles. The van der Waals surface area contributed by atoms with Gasteiger partial charge in [-0.25, -0.2) is 16.8 Å². The van der Waals surface area contributed by atoms with E-state index in [1.807, 2.05) is 0 Å². The van der Waals surface area contributed by atoms with E-state index in [4.69, 9.17) is 0 Å². The molecular formula is C20H25N3O5S2. The Balaban J connectivity index is 1.43. The zero-order valence-corrected chi connectivity index (χ0v) is 18.1. The Hall–Kier alpha value is -2.30. The second-order valence-electron chi connectivity index (χ2n) is 7.22. The molecule has 0 bridgehead atoms. The molecule has 30 heavy (non-hydrogen) atoms. The van der Waals surface area contributed by atoms with Gasteiger partial charge in [0.25, 0.3) is 0 Å². The van der Waals surface area contributed by atoms with Gasteiger partial charge in [-0.1, -0.05) is 18.2 Å². The van der Waals surface area contributed by atoms with Crippen molar-refractivity contribution in [3.05, 3.63) is 54.9 Å². The van der Waals surface area contributed by atoms with Crippen molar-refractivity contribution in [2.24, 2.45) is 5.92 Å². The first-order valence-corrected chi connectivity index (χ1v) is 12.8. The van der Waals surface area contributed by atoms with Crippen LogP contribution in [0, 0.1) is 5.92 Å². The summed E-state index contributed by atoms with van der Waals surface area (Å²) in [4.78, 5) is 16.3. The van der Waals surface area contributed by atoms with Crippen LogP contribution in [0.1, 0.15) is 19.3 Å². The molecule has 0 saturated carbocycles. The van der Waals surface area contributed by atoms with Gasteiger partial charge in [-0.05, 0) is 43.0 Å². The first kappa shape index (κ1) is 22.4. The van der Waals surface area contributed by atoms with E-state index in [1.165, 1.54) is 34.9 Å². The van der Waals surface area contributed by atoms with E-state index >= 15 is 0 Å². The lowest BCUT2D eigenvalue weighted by Gasteiger charge is -2.31. The molecule has 2 aromatic rings. The SMILES string of the molecule is O=C(CCS(=O)(=O)c1ccccc1)NCC1CCN(S(=O)(=O)c2cccnc2)CC1. The van der Waals surface area contributed by atoms with Crippen LogP contribution in [0.4, 0.5) is 0 Å². The summed E-state index contributed by atoms with van der Waals surface area (Å²) in [6.07, 6.45) is 4.01. The second kappa shape index (κ2) is 9.67. The summed E-state index contributed by atoms with van der Waals surface area (Å²) in [6.45, 7) is 1.16. The molecule has 1 fully saturated rings. The largest absolute Gasteiger partial charge is 0.356 e. The average Bonchev–Trinajstić information content (AvgIpc) is 2.78. The molecule has 0 spiro atoms. The molecule has 0 atom stereocenters. The molecule has 1 amide bonds. The smallest absolute Gasteiger partial charge is 0.244 e. The first-order chi connectivity index (χ1) is 14.3. The molecule has 2 heterocycles. The van der Waals surface area contributed by atoms with E-state index in [0.717, 1.165) is 0 Å². The number of aromatic nitrogens is 1. The molecule has 0 unspecified atom stereocenters. The summed E-state index contributed by atoms with van der Waals surface area (Å²) in [7, 11) is -7.04. The standard InChI is InChI=1S/C20H25N3O5S2/c24-20(10-14-29(25,26)18-5-2-1-3-6-18)22-15-17-8-12-23(13-9-17)30(27,28)19-7-4-11-21-16-19/h1-7,11,16-17H,8-10,12-15H2,(H,22,24). The van der Waals surface area contributed by atoms with Gasteiger partial charge in [0.05, 0.1) is 10.6 Å². The van der Waals surface area contributed by atoms with E-state index in [1.54, 1.807) is 24.3 Å². The fourth-order valence-corrected chi connectivity index (χ4v) is 6.02. The molecular weight excluding hydrogens is 426 g/mol. The Morgan fingerprint density at radius 3 is 2.30 bits per heavy atom. The fraction of sp³-hybridized carbons (Fsp3) is 0.400. The summed E-state index contributed by atoms with van der Waals surface area (Å²) in [5, 5.41) is 2.78. The lowest BCUT2D eigenvalue weighted by molar-refractivity contribution is -0.120. The van der Waals surface area contributed by atoms with E-state index in [0.29, 0.717) is 32.5 Å². The second-order valence-corrected chi connectivity index (χ2v) is 11.3. The Bertz CT molecular complexity index is 1050. The normalized spacial score (nSPS) is 16.3. The third-order valence-corrected chi connectivity index (χ3v) is 8.75. The summed E-state index contributed by atoms with van der Waals surface area (Å²) in [5.41, 5.74) is 0. The molecule has 1 saturated heterocycles. The fourth-order valence-electron chi connectivity index (χ4n) is 3.32. The van der Waals surface area contributed by atoms with Crippen LogP contribution in [0.2, 0.25) is 0 Å².